The van der Waals surface area contributed by atoms with Crippen LogP contribution in [0.4, 0.5) is 0 Å². The van der Waals surface area contributed by atoms with Crippen molar-refractivity contribution in [3.8, 4) is 0 Å². The van der Waals surface area contributed by atoms with Gasteiger partial charge >= 0.3 is 0 Å². The number of benzene rings is 1. The number of likely N-dealkylation sites (tertiary alicyclic amines) is 1. The highest BCUT2D eigenvalue weighted by Crippen LogP contribution is 2.31. The molecule has 3 aromatic rings. The summed E-state index contributed by atoms with van der Waals surface area (Å²) in [5.74, 6) is 0. The van der Waals surface area contributed by atoms with Crippen LogP contribution in [-0.2, 0) is 6.54 Å². The van der Waals surface area contributed by atoms with Gasteiger partial charge < -0.3 is 14.7 Å². The quantitative estimate of drug-likeness (QED) is 0.751. The van der Waals surface area contributed by atoms with E-state index in [1.54, 1.807) is 0 Å². The van der Waals surface area contributed by atoms with Crippen LogP contribution in [0.2, 0.25) is 0 Å². The van der Waals surface area contributed by atoms with Crippen molar-refractivity contribution < 1.29 is 5.11 Å². The Bertz CT molecular complexity index is 852. The molecule has 1 aliphatic rings. The van der Waals surface area contributed by atoms with E-state index < -0.39 is 6.10 Å². The second-order valence-electron chi connectivity index (χ2n) is 7.25. The first kappa shape index (κ1) is 16.4. The fourth-order valence-corrected chi connectivity index (χ4v) is 3.96. The minimum Gasteiger partial charge on any atom is -0.390 e. The molecule has 0 bridgehead atoms. The molecule has 1 aromatic carbocycles. The number of hydrogen-bond donors (Lipinski definition) is 2. The molecule has 1 fully saturated rings. The summed E-state index contributed by atoms with van der Waals surface area (Å²) in [6.07, 6.45) is 5.75. The molecule has 3 heterocycles. The minimum atomic E-state index is -0.408. The number of rotatable bonds is 5. The van der Waals surface area contributed by atoms with Crippen molar-refractivity contribution >= 4 is 11.0 Å². The van der Waals surface area contributed by atoms with E-state index in [2.05, 4.69) is 51.5 Å². The van der Waals surface area contributed by atoms with E-state index in [0.717, 1.165) is 24.0 Å². The summed E-state index contributed by atoms with van der Waals surface area (Å²) < 4.78 is 2.08. The van der Waals surface area contributed by atoms with Crippen molar-refractivity contribution in [2.75, 3.05) is 13.1 Å². The second-order valence-corrected chi connectivity index (χ2v) is 7.25. The van der Waals surface area contributed by atoms with Gasteiger partial charge in [0.05, 0.1) is 30.0 Å². The first-order chi connectivity index (χ1) is 12.1. The maximum absolute atomic E-state index is 10.7. The lowest BCUT2D eigenvalue weighted by Crippen LogP contribution is -2.34. The Morgan fingerprint density at radius 3 is 2.92 bits per heavy atom. The van der Waals surface area contributed by atoms with Gasteiger partial charge in [-0.2, -0.15) is 0 Å². The largest absolute Gasteiger partial charge is 0.390 e. The minimum absolute atomic E-state index is 0.397. The van der Waals surface area contributed by atoms with E-state index in [1.807, 2.05) is 18.6 Å². The Hall–Kier alpha value is -2.11. The van der Waals surface area contributed by atoms with Gasteiger partial charge in [0.1, 0.15) is 0 Å². The van der Waals surface area contributed by atoms with Gasteiger partial charge in [0.2, 0.25) is 0 Å². The number of hydrogen-bond acceptors (Lipinski definition) is 3. The van der Waals surface area contributed by atoms with Crippen molar-refractivity contribution in [2.45, 2.75) is 45.4 Å². The molecule has 4 rings (SSSR count). The predicted molar refractivity (Wildman–Crippen MR) is 99.6 cm³/mol. The number of aromatic nitrogens is 3. The molecule has 5 nitrogen and oxygen atoms in total. The van der Waals surface area contributed by atoms with Gasteiger partial charge in [-0.05, 0) is 68.6 Å². The van der Waals surface area contributed by atoms with Crippen LogP contribution in [0.25, 0.3) is 11.0 Å². The third-order valence-electron chi connectivity index (χ3n) is 5.43. The normalized spacial score (nSPS) is 19.7. The number of imidazole rings is 1. The number of nitrogens with one attached hydrogen (secondary N) is 1. The summed E-state index contributed by atoms with van der Waals surface area (Å²) in [7, 11) is 0. The van der Waals surface area contributed by atoms with Crippen LogP contribution in [0, 0.1) is 13.8 Å². The molecule has 2 N–H and O–H groups in total. The van der Waals surface area contributed by atoms with Crippen molar-refractivity contribution in [3.05, 3.63) is 53.6 Å². The Kier molecular flexibility index (Phi) is 4.36. The molecule has 1 aliphatic heterocycles. The van der Waals surface area contributed by atoms with E-state index in [4.69, 9.17) is 0 Å². The van der Waals surface area contributed by atoms with Gasteiger partial charge in [0.25, 0.3) is 0 Å². The molecule has 1 saturated heterocycles. The number of nitrogens with zero attached hydrogens (tertiary/aromatic N) is 3. The smallest absolute Gasteiger partial charge is 0.0959 e. The zero-order valence-corrected chi connectivity index (χ0v) is 14.9. The monoisotopic (exact) mass is 338 g/mol. The lowest BCUT2D eigenvalue weighted by Gasteiger charge is -2.26. The van der Waals surface area contributed by atoms with Crippen LogP contribution in [-0.4, -0.2) is 43.7 Å². The average molecular weight is 338 g/mol. The van der Waals surface area contributed by atoms with Gasteiger partial charge in [-0.1, -0.05) is 0 Å². The molecule has 2 aromatic heterocycles. The van der Waals surface area contributed by atoms with E-state index in [-0.39, 0.29) is 0 Å². The van der Waals surface area contributed by atoms with Crippen LogP contribution < -0.4 is 0 Å². The van der Waals surface area contributed by atoms with Crippen molar-refractivity contribution in [1.82, 2.24) is 19.4 Å². The Morgan fingerprint density at radius 1 is 1.28 bits per heavy atom. The van der Waals surface area contributed by atoms with Gasteiger partial charge in [-0.15, -0.1) is 0 Å². The first-order valence-electron chi connectivity index (χ1n) is 9.09. The molecule has 0 amide bonds. The van der Waals surface area contributed by atoms with Crippen LogP contribution >= 0.6 is 0 Å². The van der Waals surface area contributed by atoms with Gasteiger partial charge in [-0.25, -0.2) is 4.98 Å². The predicted octanol–water partition coefficient (Wildman–Crippen LogP) is 3.18. The molecule has 0 unspecified atom stereocenters. The van der Waals surface area contributed by atoms with Crippen molar-refractivity contribution in [1.29, 1.82) is 0 Å². The van der Waals surface area contributed by atoms with E-state index in [0.29, 0.717) is 19.1 Å². The third kappa shape index (κ3) is 3.22. The number of aliphatic hydroxyl groups is 1. The Labute approximate surface area is 148 Å². The molecule has 132 valence electrons. The van der Waals surface area contributed by atoms with Gasteiger partial charge in [-0.3, -0.25) is 4.90 Å². The van der Waals surface area contributed by atoms with Gasteiger partial charge in [0.15, 0.2) is 0 Å². The van der Waals surface area contributed by atoms with Crippen LogP contribution in [0.3, 0.4) is 0 Å². The summed E-state index contributed by atoms with van der Waals surface area (Å²) in [5.41, 5.74) is 5.87. The Balaban J connectivity index is 1.47. The maximum atomic E-state index is 10.7. The molecule has 0 spiro atoms. The zero-order valence-electron chi connectivity index (χ0n) is 14.9. The third-order valence-corrected chi connectivity index (χ3v) is 5.43. The second kappa shape index (κ2) is 6.65. The number of aromatic amines is 1. The molecular weight excluding hydrogens is 312 g/mol. The standard InChI is InChI=1S/C20H26N4O/c1-14-9-18-20(10-15(14)2)24(13-22-18)12-16(25)11-23-8-4-6-19(23)17-5-3-7-21-17/h3,5,7,9-10,13,16,19,21,25H,4,6,8,11-12H2,1-2H3/t16-,19-/m0/s1. The highest BCUT2D eigenvalue weighted by molar-refractivity contribution is 5.77. The van der Waals surface area contributed by atoms with Crippen LogP contribution in [0.5, 0.6) is 0 Å². The number of fused-ring (bicyclic) bond motifs is 1. The average Bonchev–Trinajstić information content (AvgIpc) is 3.30. The Morgan fingerprint density at radius 2 is 2.12 bits per heavy atom. The van der Waals surface area contributed by atoms with E-state index in [1.165, 1.54) is 23.2 Å². The molecule has 0 radical (unpaired) electrons. The molecule has 0 aliphatic carbocycles. The number of aryl methyl sites for hydroxylation is 2. The summed E-state index contributed by atoms with van der Waals surface area (Å²) in [6, 6.07) is 8.87. The maximum Gasteiger partial charge on any atom is 0.0959 e. The SMILES string of the molecule is Cc1cc2ncn(C[C@@H](O)CN3CCC[C@H]3c3ccc[nH]3)c2cc1C. The molecule has 5 heteroatoms. The molecule has 2 atom stereocenters. The summed E-state index contributed by atoms with van der Waals surface area (Å²) >= 11 is 0. The summed E-state index contributed by atoms with van der Waals surface area (Å²) in [6.45, 7) is 6.54. The first-order valence-corrected chi connectivity index (χ1v) is 9.09. The fourth-order valence-electron chi connectivity index (χ4n) is 3.96. The molecule has 25 heavy (non-hydrogen) atoms. The lowest BCUT2D eigenvalue weighted by molar-refractivity contribution is 0.0921. The van der Waals surface area contributed by atoms with Crippen molar-refractivity contribution in [2.24, 2.45) is 0 Å². The van der Waals surface area contributed by atoms with Gasteiger partial charge in [0, 0.05) is 24.5 Å². The summed E-state index contributed by atoms with van der Waals surface area (Å²) in [4.78, 5) is 10.2. The fraction of sp³-hybridized carbons (Fsp3) is 0.450. The topological polar surface area (TPSA) is 57.1 Å². The molecular formula is C20H26N4O. The lowest BCUT2D eigenvalue weighted by atomic mass is 10.1. The van der Waals surface area contributed by atoms with Crippen LogP contribution in [0.1, 0.15) is 35.7 Å². The zero-order chi connectivity index (χ0) is 17.4. The summed E-state index contributed by atoms with van der Waals surface area (Å²) in [5, 5.41) is 10.7. The number of β-amino-alcohol motifs (C(OH)–C–C–N with tert-alkyl or cyclic N) is 1. The van der Waals surface area contributed by atoms with E-state index in [9.17, 15) is 5.11 Å². The van der Waals surface area contributed by atoms with E-state index >= 15 is 0 Å². The molecule has 0 saturated carbocycles. The van der Waals surface area contributed by atoms with Crippen molar-refractivity contribution in [3.63, 3.8) is 0 Å². The number of aliphatic hydroxyl groups excluding tert-OH is 1. The number of H-pyrrole nitrogens is 1. The van der Waals surface area contributed by atoms with Crippen LogP contribution in [0.15, 0.2) is 36.8 Å². The highest BCUT2D eigenvalue weighted by Gasteiger charge is 2.28. The highest BCUT2D eigenvalue weighted by atomic mass is 16.3.